The minimum Gasteiger partial charge on any atom is -0.481 e. The Bertz CT molecular complexity index is 690. The average Bonchev–Trinajstić information content (AvgIpc) is 3.03. The van der Waals surface area contributed by atoms with Crippen LogP contribution in [0.2, 0.25) is 0 Å². The SMILES string of the molecule is COc1cccc(CN2CCCC2c2ncc(C(=O)O)cn2)n1. The number of nitrogens with zero attached hydrogens (tertiary/aromatic N) is 4. The van der Waals surface area contributed by atoms with Gasteiger partial charge in [0.25, 0.3) is 0 Å². The molecule has 0 aliphatic carbocycles. The lowest BCUT2D eigenvalue weighted by Crippen LogP contribution is -2.25. The number of pyridine rings is 1. The van der Waals surface area contributed by atoms with E-state index in [1.807, 2.05) is 18.2 Å². The number of likely N-dealkylation sites (tertiary alicyclic amines) is 1. The molecule has 1 N–H and O–H groups in total. The lowest BCUT2D eigenvalue weighted by molar-refractivity contribution is 0.0695. The summed E-state index contributed by atoms with van der Waals surface area (Å²) in [4.78, 5) is 26.0. The summed E-state index contributed by atoms with van der Waals surface area (Å²) in [5, 5.41) is 8.93. The van der Waals surface area contributed by atoms with Crippen molar-refractivity contribution in [3.8, 4) is 5.88 Å². The Hall–Kier alpha value is -2.54. The van der Waals surface area contributed by atoms with Crippen molar-refractivity contribution in [3.63, 3.8) is 0 Å². The Morgan fingerprint density at radius 1 is 1.39 bits per heavy atom. The summed E-state index contributed by atoms with van der Waals surface area (Å²) in [6.45, 7) is 1.62. The molecule has 120 valence electrons. The molecule has 0 radical (unpaired) electrons. The van der Waals surface area contributed by atoms with Crippen LogP contribution in [0.25, 0.3) is 0 Å². The largest absolute Gasteiger partial charge is 0.481 e. The van der Waals surface area contributed by atoms with Crippen molar-refractivity contribution >= 4 is 5.97 Å². The topological polar surface area (TPSA) is 88.4 Å². The summed E-state index contributed by atoms with van der Waals surface area (Å²) in [7, 11) is 1.60. The predicted molar refractivity (Wildman–Crippen MR) is 82.2 cm³/mol. The van der Waals surface area contributed by atoms with Crippen LogP contribution in [0.4, 0.5) is 0 Å². The second kappa shape index (κ2) is 6.70. The van der Waals surface area contributed by atoms with Crippen LogP contribution in [-0.4, -0.2) is 44.6 Å². The summed E-state index contributed by atoms with van der Waals surface area (Å²) in [5.41, 5.74) is 1.03. The molecule has 7 heteroatoms. The minimum absolute atomic E-state index is 0.0887. The summed E-state index contributed by atoms with van der Waals surface area (Å²) in [5.74, 6) is 0.246. The molecule has 1 atom stereocenters. The number of hydrogen-bond acceptors (Lipinski definition) is 6. The third-order valence-corrected chi connectivity index (χ3v) is 3.94. The molecule has 0 saturated carbocycles. The highest BCUT2D eigenvalue weighted by atomic mass is 16.5. The lowest BCUT2D eigenvalue weighted by atomic mass is 10.2. The third-order valence-electron chi connectivity index (χ3n) is 3.94. The molecular weight excluding hydrogens is 296 g/mol. The van der Waals surface area contributed by atoms with Crippen LogP contribution in [-0.2, 0) is 6.54 Å². The van der Waals surface area contributed by atoms with Gasteiger partial charge in [-0.2, -0.15) is 0 Å². The third kappa shape index (κ3) is 3.45. The standard InChI is InChI=1S/C16H18N4O3/c1-23-14-6-2-4-12(19-14)10-20-7-3-5-13(20)15-17-8-11(9-18-15)16(21)22/h2,4,6,8-9,13H,3,5,7,10H2,1H3,(H,21,22). The second-order valence-corrected chi connectivity index (χ2v) is 5.43. The fourth-order valence-corrected chi connectivity index (χ4v) is 2.80. The average molecular weight is 314 g/mol. The van der Waals surface area contributed by atoms with Crippen molar-refractivity contribution in [2.24, 2.45) is 0 Å². The quantitative estimate of drug-likeness (QED) is 0.901. The fourth-order valence-electron chi connectivity index (χ4n) is 2.80. The van der Waals surface area contributed by atoms with Crippen LogP contribution in [0, 0.1) is 0 Å². The van der Waals surface area contributed by atoms with Crippen molar-refractivity contribution in [2.45, 2.75) is 25.4 Å². The summed E-state index contributed by atoms with van der Waals surface area (Å²) >= 11 is 0. The molecule has 23 heavy (non-hydrogen) atoms. The van der Waals surface area contributed by atoms with Gasteiger partial charge in [0.2, 0.25) is 5.88 Å². The maximum atomic E-state index is 10.9. The van der Waals surface area contributed by atoms with E-state index >= 15 is 0 Å². The highest BCUT2D eigenvalue weighted by Crippen LogP contribution is 2.30. The molecule has 1 fully saturated rings. The number of aromatic nitrogens is 3. The van der Waals surface area contributed by atoms with E-state index in [0.29, 0.717) is 18.2 Å². The number of carbonyl (C=O) groups is 1. The van der Waals surface area contributed by atoms with Gasteiger partial charge in [-0.05, 0) is 25.5 Å². The molecule has 7 nitrogen and oxygen atoms in total. The van der Waals surface area contributed by atoms with E-state index in [-0.39, 0.29) is 11.6 Å². The Balaban J connectivity index is 1.75. The first-order valence-corrected chi connectivity index (χ1v) is 7.46. The van der Waals surface area contributed by atoms with Gasteiger partial charge in [-0.3, -0.25) is 4.90 Å². The van der Waals surface area contributed by atoms with Gasteiger partial charge in [0.05, 0.1) is 24.4 Å². The zero-order valence-electron chi connectivity index (χ0n) is 12.8. The number of carboxylic acid groups (broad SMARTS) is 1. The first-order valence-electron chi connectivity index (χ1n) is 7.46. The Kier molecular flexibility index (Phi) is 4.47. The smallest absolute Gasteiger partial charge is 0.338 e. The maximum Gasteiger partial charge on any atom is 0.338 e. The van der Waals surface area contributed by atoms with Gasteiger partial charge in [-0.1, -0.05) is 6.07 Å². The molecule has 1 saturated heterocycles. The van der Waals surface area contributed by atoms with Gasteiger partial charge in [-0.25, -0.2) is 19.7 Å². The normalized spacial score (nSPS) is 18.0. The number of hydrogen-bond donors (Lipinski definition) is 1. The van der Waals surface area contributed by atoms with E-state index in [1.165, 1.54) is 12.4 Å². The first-order chi connectivity index (χ1) is 11.2. The van der Waals surface area contributed by atoms with Crippen molar-refractivity contribution in [1.29, 1.82) is 0 Å². The number of aromatic carboxylic acids is 1. The summed E-state index contributed by atoms with van der Waals surface area (Å²) in [6, 6.07) is 5.79. The van der Waals surface area contributed by atoms with Crippen LogP contribution in [0.3, 0.4) is 0 Å². The summed E-state index contributed by atoms with van der Waals surface area (Å²) in [6.07, 6.45) is 4.74. The molecule has 0 aromatic carbocycles. The molecule has 1 aliphatic heterocycles. The van der Waals surface area contributed by atoms with Crippen LogP contribution < -0.4 is 4.74 Å². The van der Waals surface area contributed by atoms with Crippen LogP contribution >= 0.6 is 0 Å². The maximum absolute atomic E-state index is 10.9. The Morgan fingerprint density at radius 2 is 2.17 bits per heavy atom. The molecule has 1 aliphatic rings. The van der Waals surface area contributed by atoms with Crippen molar-refractivity contribution in [2.75, 3.05) is 13.7 Å². The van der Waals surface area contributed by atoms with E-state index in [2.05, 4.69) is 19.9 Å². The molecule has 3 rings (SSSR count). The first kappa shape index (κ1) is 15.4. The lowest BCUT2D eigenvalue weighted by Gasteiger charge is -2.22. The molecule has 0 bridgehead atoms. The molecular formula is C16H18N4O3. The van der Waals surface area contributed by atoms with Gasteiger partial charge in [-0.15, -0.1) is 0 Å². The van der Waals surface area contributed by atoms with Gasteiger partial charge in [0.1, 0.15) is 5.82 Å². The van der Waals surface area contributed by atoms with Crippen LogP contribution in [0.1, 0.15) is 40.8 Å². The molecule has 2 aromatic heterocycles. The minimum atomic E-state index is -1.01. The molecule has 1 unspecified atom stereocenters. The number of rotatable bonds is 5. The molecule has 2 aromatic rings. The van der Waals surface area contributed by atoms with E-state index in [4.69, 9.17) is 9.84 Å². The zero-order valence-corrected chi connectivity index (χ0v) is 12.8. The Labute approximate surface area is 134 Å². The number of carboxylic acids is 1. The van der Waals surface area contributed by atoms with Gasteiger partial charge >= 0.3 is 5.97 Å². The Morgan fingerprint density at radius 3 is 2.87 bits per heavy atom. The van der Waals surface area contributed by atoms with E-state index in [9.17, 15) is 4.79 Å². The molecule has 3 heterocycles. The van der Waals surface area contributed by atoms with E-state index in [0.717, 1.165) is 25.1 Å². The molecule has 0 spiro atoms. The van der Waals surface area contributed by atoms with E-state index in [1.54, 1.807) is 7.11 Å². The van der Waals surface area contributed by atoms with Crippen molar-refractivity contribution in [1.82, 2.24) is 19.9 Å². The highest BCUT2D eigenvalue weighted by molar-refractivity contribution is 5.86. The second-order valence-electron chi connectivity index (χ2n) is 5.43. The van der Waals surface area contributed by atoms with Gasteiger partial charge in [0, 0.05) is 25.0 Å². The van der Waals surface area contributed by atoms with Crippen molar-refractivity contribution in [3.05, 3.63) is 47.7 Å². The monoisotopic (exact) mass is 314 g/mol. The number of ether oxygens (including phenoxy) is 1. The zero-order chi connectivity index (χ0) is 16.2. The van der Waals surface area contributed by atoms with Gasteiger partial charge < -0.3 is 9.84 Å². The number of methoxy groups -OCH3 is 1. The van der Waals surface area contributed by atoms with E-state index < -0.39 is 5.97 Å². The predicted octanol–water partition coefficient (Wildman–Crippen LogP) is 1.92. The summed E-state index contributed by atoms with van der Waals surface area (Å²) < 4.78 is 5.16. The van der Waals surface area contributed by atoms with Gasteiger partial charge in [0.15, 0.2) is 0 Å². The molecule has 0 amide bonds. The highest BCUT2D eigenvalue weighted by Gasteiger charge is 2.28. The fraction of sp³-hybridized carbons (Fsp3) is 0.375. The van der Waals surface area contributed by atoms with Crippen molar-refractivity contribution < 1.29 is 14.6 Å². The van der Waals surface area contributed by atoms with Crippen LogP contribution in [0.15, 0.2) is 30.6 Å². The van der Waals surface area contributed by atoms with Crippen LogP contribution in [0.5, 0.6) is 5.88 Å².